The molecular formula is C23H29N5O3. The van der Waals surface area contributed by atoms with Gasteiger partial charge in [0.1, 0.15) is 17.8 Å². The largest absolute Gasteiger partial charge is 0.497 e. The summed E-state index contributed by atoms with van der Waals surface area (Å²) in [7, 11) is 1.65. The average Bonchev–Trinajstić information content (AvgIpc) is 3.26. The van der Waals surface area contributed by atoms with Gasteiger partial charge in [-0.2, -0.15) is 10.1 Å². The molecule has 0 saturated carbocycles. The molecule has 2 aromatic heterocycles. The number of carbonyl (C=O) groups excluding carboxylic acids is 1. The maximum atomic E-state index is 12.8. The zero-order valence-corrected chi connectivity index (χ0v) is 18.4. The molecule has 8 heteroatoms. The van der Waals surface area contributed by atoms with Gasteiger partial charge >= 0.3 is 0 Å². The first-order chi connectivity index (χ1) is 15.0. The summed E-state index contributed by atoms with van der Waals surface area (Å²) in [4.78, 5) is 23.4. The molecule has 1 fully saturated rings. The Morgan fingerprint density at radius 2 is 1.84 bits per heavy atom. The van der Waals surface area contributed by atoms with Gasteiger partial charge in [-0.1, -0.05) is 0 Å². The van der Waals surface area contributed by atoms with Gasteiger partial charge in [0.2, 0.25) is 5.91 Å². The number of aryl methyl sites for hydroxylation is 2. The summed E-state index contributed by atoms with van der Waals surface area (Å²) in [5.74, 6) is 2.94. The summed E-state index contributed by atoms with van der Waals surface area (Å²) in [5, 5.41) is 4.22. The highest BCUT2D eigenvalue weighted by Crippen LogP contribution is 2.22. The molecule has 1 saturated heterocycles. The second-order valence-electron chi connectivity index (χ2n) is 8.04. The van der Waals surface area contributed by atoms with E-state index in [0.29, 0.717) is 31.1 Å². The second kappa shape index (κ2) is 9.32. The number of ether oxygens (including phenoxy) is 2. The van der Waals surface area contributed by atoms with E-state index in [4.69, 9.17) is 9.47 Å². The van der Waals surface area contributed by atoms with Crippen molar-refractivity contribution in [2.24, 2.45) is 5.92 Å². The maximum Gasteiger partial charge on any atom is 0.252 e. The number of amides is 1. The van der Waals surface area contributed by atoms with Crippen LogP contribution < -0.4 is 9.47 Å². The minimum atomic E-state index is 0.201. The SMILES string of the molecule is COc1ccc(OCC2CCN(C(=O)CCc3c(C)nc4ncnn4c3C)CC2)cc1. The molecule has 3 heterocycles. The molecule has 8 nitrogen and oxygen atoms in total. The third kappa shape index (κ3) is 4.78. The summed E-state index contributed by atoms with van der Waals surface area (Å²) in [6.45, 7) is 6.22. The highest BCUT2D eigenvalue weighted by Gasteiger charge is 2.23. The van der Waals surface area contributed by atoms with Gasteiger partial charge in [0.25, 0.3) is 5.78 Å². The van der Waals surface area contributed by atoms with E-state index < -0.39 is 0 Å². The Morgan fingerprint density at radius 3 is 2.55 bits per heavy atom. The van der Waals surface area contributed by atoms with E-state index in [1.807, 2.05) is 43.0 Å². The lowest BCUT2D eigenvalue weighted by atomic mass is 9.97. The number of carbonyl (C=O) groups is 1. The molecule has 0 N–H and O–H groups in total. The minimum absolute atomic E-state index is 0.201. The van der Waals surface area contributed by atoms with Crippen LogP contribution in [0.1, 0.15) is 36.2 Å². The van der Waals surface area contributed by atoms with Gasteiger partial charge < -0.3 is 14.4 Å². The van der Waals surface area contributed by atoms with Gasteiger partial charge in [0.15, 0.2) is 0 Å². The van der Waals surface area contributed by atoms with Crippen LogP contribution in [-0.2, 0) is 11.2 Å². The van der Waals surface area contributed by atoms with Crippen LogP contribution in [0, 0.1) is 19.8 Å². The molecule has 4 rings (SSSR count). The molecule has 0 unspecified atom stereocenters. The summed E-state index contributed by atoms with van der Waals surface area (Å²) >= 11 is 0. The van der Waals surface area contributed by atoms with Crippen molar-refractivity contribution in [2.75, 3.05) is 26.8 Å². The zero-order chi connectivity index (χ0) is 21.8. The predicted octanol–water partition coefficient (Wildman–Crippen LogP) is 3.00. The van der Waals surface area contributed by atoms with Gasteiger partial charge in [-0.05, 0) is 68.9 Å². The van der Waals surface area contributed by atoms with Crippen LogP contribution in [0.3, 0.4) is 0 Å². The van der Waals surface area contributed by atoms with E-state index in [1.54, 1.807) is 11.6 Å². The first-order valence-corrected chi connectivity index (χ1v) is 10.8. The fraction of sp³-hybridized carbons (Fsp3) is 0.478. The van der Waals surface area contributed by atoms with E-state index in [1.165, 1.54) is 6.33 Å². The van der Waals surface area contributed by atoms with Crippen LogP contribution in [0.15, 0.2) is 30.6 Å². The fourth-order valence-electron chi connectivity index (χ4n) is 4.14. The Morgan fingerprint density at radius 1 is 1.13 bits per heavy atom. The molecule has 0 aliphatic carbocycles. The van der Waals surface area contributed by atoms with E-state index in [2.05, 4.69) is 15.1 Å². The Hall–Kier alpha value is -3.16. The number of aromatic nitrogens is 4. The van der Waals surface area contributed by atoms with E-state index in [9.17, 15) is 4.79 Å². The molecule has 1 aliphatic heterocycles. The first kappa shape index (κ1) is 21.1. The summed E-state index contributed by atoms with van der Waals surface area (Å²) in [5.41, 5.74) is 3.00. The van der Waals surface area contributed by atoms with Crippen LogP contribution in [0.2, 0.25) is 0 Å². The number of hydrogen-bond acceptors (Lipinski definition) is 6. The smallest absolute Gasteiger partial charge is 0.252 e. The molecule has 31 heavy (non-hydrogen) atoms. The molecule has 1 aliphatic rings. The molecule has 1 aromatic carbocycles. The lowest BCUT2D eigenvalue weighted by Gasteiger charge is -2.32. The summed E-state index contributed by atoms with van der Waals surface area (Å²) in [6, 6.07) is 7.65. The standard InChI is InChI=1S/C23H29N5O3/c1-16-21(17(2)28-23(26-16)24-15-25-28)8-9-22(29)27-12-10-18(11-13-27)14-31-20-6-4-19(30-3)5-7-20/h4-7,15,18H,8-14H2,1-3H3. The van der Waals surface area contributed by atoms with Gasteiger partial charge in [-0.3, -0.25) is 4.79 Å². The molecule has 0 bridgehead atoms. The summed E-state index contributed by atoms with van der Waals surface area (Å²) < 4.78 is 12.8. The van der Waals surface area contributed by atoms with Crippen LogP contribution >= 0.6 is 0 Å². The van der Waals surface area contributed by atoms with Crippen LogP contribution in [0.5, 0.6) is 11.5 Å². The van der Waals surface area contributed by atoms with E-state index >= 15 is 0 Å². The number of likely N-dealkylation sites (tertiary alicyclic amines) is 1. The number of piperidine rings is 1. The van der Waals surface area contributed by atoms with Crippen LogP contribution in [-0.4, -0.2) is 57.2 Å². The van der Waals surface area contributed by atoms with Crippen molar-refractivity contribution < 1.29 is 14.3 Å². The first-order valence-electron chi connectivity index (χ1n) is 10.8. The predicted molar refractivity (Wildman–Crippen MR) is 116 cm³/mol. The third-order valence-electron chi connectivity index (χ3n) is 6.09. The van der Waals surface area contributed by atoms with Gasteiger partial charge in [0, 0.05) is 30.9 Å². The molecule has 0 spiro atoms. The number of hydrogen-bond donors (Lipinski definition) is 0. The average molecular weight is 424 g/mol. The van der Waals surface area contributed by atoms with Crippen molar-refractivity contribution in [1.82, 2.24) is 24.5 Å². The Balaban J connectivity index is 1.25. The second-order valence-corrected chi connectivity index (χ2v) is 8.04. The minimum Gasteiger partial charge on any atom is -0.497 e. The third-order valence-corrected chi connectivity index (χ3v) is 6.09. The monoisotopic (exact) mass is 423 g/mol. The zero-order valence-electron chi connectivity index (χ0n) is 18.4. The molecule has 0 atom stereocenters. The molecule has 1 amide bonds. The highest BCUT2D eigenvalue weighted by molar-refractivity contribution is 5.76. The summed E-state index contributed by atoms with van der Waals surface area (Å²) in [6.07, 6.45) is 4.58. The lowest BCUT2D eigenvalue weighted by molar-refractivity contribution is -0.132. The topological polar surface area (TPSA) is 81.9 Å². The number of fused-ring (bicyclic) bond motifs is 1. The van der Waals surface area contributed by atoms with Crippen molar-refractivity contribution >= 4 is 11.7 Å². The molecule has 3 aromatic rings. The number of benzene rings is 1. The molecule has 0 radical (unpaired) electrons. The highest BCUT2D eigenvalue weighted by atomic mass is 16.5. The van der Waals surface area contributed by atoms with Gasteiger partial charge in [-0.25, -0.2) is 9.50 Å². The number of methoxy groups -OCH3 is 1. The normalized spacial score (nSPS) is 14.7. The van der Waals surface area contributed by atoms with E-state index in [-0.39, 0.29) is 5.91 Å². The van der Waals surface area contributed by atoms with Crippen molar-refractivity contribution in [1.29, 1.82) is 0 Å². The number of nitrogens with zero attached hydrogens (tertiary/aromatic N) is 5. The number of rotatable bonds is 7. The molecule has 164 valence electrons. The Labute approximate surface area is 182 Å². The van der Waals surface area contributed by atoms with E-state index in [0.717, 1.165) is 54.4 Å². The Kier molecular flexibility index (Phi) is 6.34. The fourth-order valence-corrected chi connectivity index (χ4v) is 4.14. The lowest BCUT2D eigenvalue weighted by Crippen LogP contribution is -2.39. The maximum absolute atomic E-state index is 12.8. The van der Waals surface area contributed by atoms with Crippen LogP contribution in [0.25, 0.3) is 5.78 Å². The Bertz CT molecular complexity index is 1040. The van der Waals surface area contributed by atoms with Crippen molar-refractivity contribution in [3.8, 4) is 11.5 Å². The van der Waals surface area contributed by atoms with Crippen molar-refractivity contribution in [3.05, 3.63) is 47.5 Å². The quantitative estimate of drug-likeness (QED) is 0.581. The van der Waals surface area contributed by atoms with Gasteiger partial charge in [0.05, 0.1) is 13.7 Å². The van der Waals surface area contributed by atoms with Crippen molar-refractivity contribution in [2.45, 2.75) is 39.5 Å². The van der Waals surface area contributed by atoms with Crippen molar-refractivity contribution in [3.63, 3.8) is 0 Å². The molecular weight excluding hydrogens is 394 g/mol. The van der Waals surface area contributed by atoms with Crippen LogP contribution in [0.4, 0.5) is 0 Å². The van der Waals surface area contributed by atoms with Gasteiger partial charge in [-0.15, -0.1) is 0 Å².